The van der Waals surface area contributed by atoms with E-state index in [-0.39, 0.29) is 11.7 Å². The Morgan fingerprint density at radius 3 is 2.89 bits per heavy atom. The predicted octanol–water partition coefficient (Wildman–Crippen LogP) is 3.45. The number of ether oxygens (including phenoxy) is 2. The van der Waals surface area contributed by atoms with Crippen molar-refractivity contribution < 1.29 is 14.6 Å². The summed E-state index contributed by atoms with van der Waals surface area (Å²) in [6.45, 7) is 4.06. The zero-order chi connectivity index (χ0) is 13.3. The first-order chi connectivity index (χ1) is 8.41. The predicted molar refractivity (Wildman–Crippen MR) is 73.8 cm³/mol. The molecule has 2 unspecified atom stereocenters. The van der Waals surface area contributed by atoms with Crippen LogP contribution < -0.4 is 4.74 Å². The molecule has 1 aliphatic rings. The van der Waals surface area contributed by atoms with Gasteiger partial charge < -0.3 is 14.6 Å². The number of halogens is 1. The van der Waals surface area contributed by atoms with E-state index in [0.29, 0.717) is 6.42 Å². The Hall–Kier alpha value is -0.580. The third-order valence-corrected chi connectivity index (χ3v) is 3.88. The topological polar surface area (TPSA) is 38.7 Å². The molecule has 18 heavy (non-hydrogen) atoms. The molecule has 1 aromatic carbocycles. The fourth-order valence-electron chi connectivity index (χ4n) is 2.25. The highest BCUT2D eigenvalue weighted by Gasteiger charge is 2.31. The van der Waals surface area contributed by atoms with Crippen LogP contribution in [0.25, 0.3) is 0 Å². The van der Waals surface area contributed by atoms with Crippen molar-refractivity contribution in [2.24, 2.45) is 0 Å². The fourth-order valence-corrected chi connectivity index (χ4v) is 2.63. The van der Waals surface area contributed by atoms with Crippen LogP contribution in [0.4, 0.5) is 0 Å². The van der Waals surface area contributed by atoms with Crippen LogP contribution in [0.2, 0.25) is 0 Å². The second-order valence-electron chi connectivity index (χ2n) is 5.34. The smallest absolute Gasteiger partial charge is 0.125 e. The molecule has 0 bridgehead atoms. The number of fused-ring (bicyclic) bond motifs is 1. The summed E-state index contributed by atoms with van der Waals surface area (Å²) in [5, 5.41) is 10.2. The number of hydrogen-bond acceptors (Lipinski definition) is 3. The summed E-state index contributed by atoms with van der Waals surface area (Å²) in [7, 11) is 1.70. The molecule has 4 heteroatoms. The minimum absolute atomic E-state index is 0.0105. The van der Waals surface area contributed by atoms with Gasteiger partial charge in [-0.1, -0.05) is 15.9 Å². The lowest BCUT2D eigenvalue weighted by Gasteiger charge is -2.34. The number of rotatable bonds is 3. The van der Waals surface area contributed by atoms with Gasteiger partial charge >= 0.3 is 0 Å². The molecular formula is C14H19BrO3. The van der Waals surface area contributed by atoms with Crippen molar-refractivity contribution in [3.8, 4) is 5.75 Å². The first-order valence-electron chi connectivity index (χ1n) is 6.10. The maximum absolute atomic E-state index is 10.2. The van der Waals surface area contributed by atoms with E-state index in [1.54, 1.807) is 7.11 Å². The van der Waals surface area contributed by atoms with Gasteiger partial charge in [0.1, 0.15) is 11.9 Å². The van der Waals surface area contributed by atoms with Crippen LogP contribution in [-0.2, 0) is 4.74 Å². The molecule has 2 atom stereocenters. The summed E-state index contributed by atoms with van der Waals surface area (Å²) < 4.78 is 12.3. The average molecular weight is 315 g/mol. The average Bonchev–Trinajstić information content (AvgIpc) is 2.30. The lowest BCUT2D eigenvalue weighted by molar-refractivity contribution is -0.0311. The van der Waals surface area contributed by atoms with Crippen molar-refractivity contribution in [2.45, 2.75) is 44.5 Å². The van der Waals surface area contributed by atoms with E-state index < -0.39 is 6.10 Å². The number of hydrogen-bond donors (Lipinski definition) is 1. The van der Waals surface area contributed by atoms with Gasteiger partial charge in [0.05, 0.1) is 11.7 Å². The largest absolute Gasteiger partial charge is 0.490 e. The van der Waals surface area contributed by atoms with Gasteiger partial charge in [-0.25, -0.2) is 0 Å². The minimum atomic E-state index is -0.469. The lowest BCUT2D eigenvalue weighted by atomic mass is 9.92. The molecule has 1 N–H and O–H groups in total. The highest BCUT2D eigenvalue weighted by molar-refractivity contribution is 9.10. The second-order valence-corrected chi connectivity index (χ2v) is 6.26. The summed E-state index contributed by atoms with van der Waals surface area (Å²) in [5.41, 5.74) is 0.618. The van der Waals surface area contributed by atoms with Crippen LogP contribution >= 0.6 is 15.9 Å². The SMILES string of the molecule is COC(C)(C)CC1CC(O)c2cc(Br)ccc2O1. The number of methoxy groups -OCH3 is 1. The van der Waals surface area contributed by atoms with Gasteiger partial charge in [-0.3, -0.25) is 0 Å². The van der Waals surface area contributed by atoms with E-state index >= 15 is 0 Å². The standard InChI is InChI=1S/C14H19BrO3/c1-14(2,17-3)8-10-7-12(16)11-6-9(15)4-5-13(11)18-10/h4-6,10,12,16H,7-8H2,1-3H3. The number of aliphatic hydroxyl groups excluding tert-OH is 1. The van der Waals surface area contributed by atoms with Crippen LogP contribution in [0.5, 0.6) is 5.75 Å². The Balaban J connectivity index is 2.16. The maximum atomic E-state index is 10.2. The quantitative estimate of drug-likeness (QED) is 0.928. The molecule has 100 valence electrons. The molecule has 2 rings (SSSR count). The van der Waals surface area contributed by atoms with Crippen molar-refractivity contribution in [3.05, 3.63) is 28.2 Å². The zero-order valence-electron chi connectivity index (χ0n) is 10.9. The molecule has 0 aromatic heterocycles. The highest BCUT2D eigenvalue weighted by atomic mass is 79.9. The third-order valence-electron chi connectivity index (χ3n) is 3.38. The summed E-state index contributed by atoms with van der Waals surface area (Å²) in [4.78, 5) is 0. The maximum Gasteiger partial charge on any atom is 0.125 e. The van der Waals surface area contributed by atoms with Crippen LogP contribution in [-0.4, -0.2) is 23.9 Å². The zero-order valence-corrected chi connectivity index (χ0v) is 12.5. The van der Waals surface area contributed by atoms with Crippen molar-refractivity contribution in [3.63, 3.8) is 0 Å². The molecule has 1 aromatic rings. The molecule has 0 fully saturated rings. The molecule has 1 aliphatic heterocycles. The Labute approximate surface area is 116 Å². The molecule has 3 nitrogen and oxygen atoms in total. The Morgan fingerprint density at radius 2 is 2.22 bits per heavy atom. The van der Waals surface area contributed by atoms with E-state index in [1.165, 1.54) is 0 Å². The van der Waals surface area contributed by atoms with Gasteiger partial charge in [-0.15, -0.1) is 0 Å². The lowest BCUT2D eigenvalue weighted by Crippen LogP contribution is -2.35. The van der Waals surface area contributed by atoms with E-state index in [9.17, 15) is 5.11 Å². The van der Waals surface area contributed by atoms with Gasteiger partial charge in [0.25, 0.3) is 0 Å². The molecule has 0 saturated carbocycles. The van der Waals surface area contributed by atoms with Crippen molar-refractivity contribution in [2.75, 3.05) is 7.11 Å². The molecular weight excluding hydrogens is 296 g/mol. The summed E-state index contributed by atoms with van der Waals surface area (Å²) >= 11 is 3.41. The molecule has 0 saturated heterocycles. The van der Waals surface area contributed by atoms with E-state index in [1.807, 2.05) is 32.0 Å². The van der Waals surface area contributed by atoms with Crippen LogP contribution in [0.3, 0.4) is 0 Å². The Morgan fingerprint density at radius 1 is 1.50 bits per heavy atom. The molecule has 0 spiro atoms. The minimum Gasteiger partial charge on any atom is -0.490 e. The Bertz CT molecular complexity index is 431. The summed E-state index contributed by atoms with van der Waals surface area (Å²) in [6, 6.07) is 5.74. The normalized spacial score (nSPS) is 23.4. The first-order valence-corrected chi connectivity index (χ1v) is 6.90. The molecule has 0 radical (unpaired) electrons. The van der Waals surface area contributed by atoms with Gasteiger partial charge in [-0.05, 0) is 32.0 Å². The first kappa shape index (κ1) is 13.8. The number of aliphatic hydroxyl groups is 1. The van der Waals surface area contributed by atoms with Crippen molar-refractivity contribution in [1.82, 2.24) is 0 Å². The highest BCUT2D eigenvalue weighted by Crippen LogP contribution is 2.38. The van der Waals surface area contributed by atoms with Crippen LogP contribution in [0.15, 0.2) is 22.7 Å². The Kier molecular flexibility index (Phi) is 3.99. The molecule has 0 amide bonds. The summed E-state index contributed by atoms with van der Waals surface area (Å²) in [5.74, 6) is 0.772. The van der Waals surface area contributed by atoms with Crippen molar-refractivity contribution in [1.29, 1.82) is 0 Å². The van der Waals surface area contributed by atoms with Gasteiger partial charge in [0.2, 0.25) is 0 Å². The van der Waals surface area contributed by atoms with E-state index in [4.69, 9.17) is 9.47 Å². The van der Waals surface area contributed by atoms with Gasteiger partial charge in [0, 0.05) is 30.0 Å². The van der Waals surface area contributed by atoms with Crippen LogP contribution in [0, 0.1) is 0 Å². The van der Waals surface area contributed by atoms with E-state index in [0.717, 1.165) is 22.2 Å². The van der Waals surface area contributed by atoms with Crippen molar-refractivity contribution >= 4 is 15.9 Å². The van der Waals surface area contributed by atoms with E-state index in [2.05, 4.69) is 15.9 Å². The number of benzene rings is 1. The van der Waals surface area contributed by atoms with Crippen LogP contribution in [0.1, 0.15) is 38.4 Å². The molecule has 0 aliphatic carbocycles. The fraction of sp³-hybridized carbons (Fsp3) is 0.571. The van der Waals surface area contributed by atoms with Gasteiger partial charge in [0.15, 0.2) is 0 Å². The summed E-state index contributed by atoms with van der Waals surface area (Å²) in [6.07, 6.45) is 0.888. The molecule has 1 heterocycles. The van der Waals surface area contributed by atoms with Gasteiger partial charge in [-0.2, -0.15) is 0 Å². The monoisotopic (exact) mass is 314 g/mol. The second kappa shape index (κ2) is 5.19. The third kappa shape index (κ3) is 3.05.